The first-order valence-electron chi connectivity index (χ1n) is 7.42. The number of likely N-dealkylation sites (tertiary alicyclic amines) is 1. The van der Waals surface area contributed by atoms with Gasteiger partial charge >= 0.3 is 0 Å². The van der Waals surface area contributed by atoms with Gasteiger partial charge < -0.3 is 10.3 Å². The third kappa shape index (κ3) is 2.66. The monoisotopic (exact) mass is 275 g/mol. The first kappa shape index (κ1) is 14.9. The van der Waals surface area contributed by atoms with Crippen molar-refractivity contribution in [3.05, 3.63) is 29.3 Å². The molecule has 3 N–H and O–H groups in total. The number of rotatable bonds is 4. The smallest absolute Gasteiger partial charge is 0.254 e. The van der Waals surface area contributed by atoms with Gasteiger partial charge in [-0.05, 0) is 55.4 Å². The van der Waals surface area contributed by atoms with Gasteiger partial charge in [0.05, 0.1) is 0 Å². The lowest BCUT2D eigenvalue weighted by molar-refractivity contribution is 0.0769. The average Bonchev–Trinajstić information content (AvgIpc) is 2.91. The fraction of sp³-hybridized carbons (Fsp3) is 0.562. The fourth-order valence-corrected chi connectivity index (χ4v) is 3.10. The van der Waals surface area contributed by atoms with E-state index >= 15 is 0 Å². The second kappa shape index (κ2) is 5.83. The van der Waals surface area contributed by atoms with Crippen LogP contribution in [0, 0.1) is 12.3 Å². The van der Waals surface area contributed by atoms with Crippen LogP contribution in [0.15, 0.2) is 18.2 Å². The van der Waals surface area contributed by atoms with Crippen molar-refractivity contribution in [2.75, 3.05) is 18.5 Å². The maximum atomic E-state index is 12.7. The summed E-state index contributed by atoms with van der Waals surface area (Å²) in [5.41, 5.74) is 5.51. The standard InChI is InChI=1S/C16H25N3O/c1-4-16(5-2)8-9-19(11-16)15(20)14-7-6-13(18-17)10-12(14)3/h6-7,10,18H,4-5,8-9,11,17H2,1-3H3. The maximum Gasteiger partial charge on any atom is 0.254 e. The number of hydrogen-bond acceptors (Lipinski definition) is 3. The minimum absolute atomic E-state index is 0.148. The Balaban J connectivity index is 2.17. The van der Waals surface area contributed by atoms with Crippen LogP contribution in [0.1, 0.15) is 49.0 Å². The summed E-state index contributed by atoms with van der Waals surface area (Å²) in [6, 6.07) is 5.63. The number of hydrazine groups is 1. The molecule has 110 valence electrons. The molecule has 1 amide bonds. The van der Waals surface area contributed by atoms with E-state index in [4.69, 9.17) is 5.84 Å². The fourth-order valence-electron chi connectivity index (χ4n) is 3.10. The molecule has 20 heavy (non-hydrogen) atoms. The number of amides is 1. The van der Waals surface area contributed by atoms with E-state index in [2.05, 4.69) is 19.3 Å². The molecule has 0 aromatic heterocycles. The summed E-state index contributed by atoms with van der Waals surface area (Å²) >= 11 is 0. The van der Waals surface area contributed by atoms with Crippen molar-refractivity contribution in [1.29, 1.82) is 0 Å². The molecule has 4 heteroatoms. The van der Waals surface area contributed by atoms with Gasteiger partial charge in [0.25, 0.3) is 5.91 Å². The van der Waals surface area contributed by atoms with Gasteiger partial charge in [0.2, 0.25) is 0 Å². The predicted molar refractivity (Wildman–Crippen MR) is 82.5 cm³/mol. The Morgan fingerprint density at radius 1 is 1.40 bits per heavy atom. The Morgan fingerprint density at radius 2 is 2.10 bits per heavy atom. The van der Waals surface area contributed by atoms with Gasteiger partial charge in [0, 0.05) is 24.3 Å². The molecule has 4 nitrogen and oxygen atoms in total. The highest BCUT2D eigenvalue weighted by molar-refractivity contribution is 5.96. The molecule has 0 aliphatic carbocycles. The lowest BCUT2D eigenvalue weighted by Crippen LogP contribution is -2.32. The molecule has 0 radical (unpaired) electrons. The highest BCUT2D eigenvalue weighted by Crippen LogP contribution is 2.37. The van der Waals surface area contributed by atoms with Gasteiger partial charge in [0.15, 0.2) is 0 Å². The van der Waals surface area contributed by atoms with Crippen LogP contribution >= 0.6 is 0 Å². The van der Waals surface area contributed by atoms with Gasteiger partial charge in [-0.1, -0.05) is 13.8 Å². The van der Waals surface area contributed by atoms with E-state index in [1.54, 1.807) is 0 Å². The van der Waals surface area contributed by atoms with Crippen LogP contribution in [-0.2, 0) is 0 Å². The van der Waals surface area contributed by atoms with Crippen molar-refractivity contribution in [2.24, 2.45) is 11.3 Å². The zero-order chi connectivity index (χ0) is 14.8. The highest BCUT2D eigenvalue weighted by Gasteiger charge is 2.37. The summed E-state index contributed by atoms with van der Waals surface area (Å²) in [5, 5.41) is 0. The number of nitrogen functional groups attached to an aromatic ring is 1. The van der Waals surface area contributed by atoms with Gasteiger partial charge in [-0.3, -0.25) is 10.6 Å². The third-order valence-corrected chi connectivity index (χ3v) is 4.85. The molecule has 0 spiro atoms. The van der Waals surface area contributed by atoms with E-state index in [0.717, 1.165) is 49.2 Å². The molecule has 0 saturated carbocycles. The zero-order valence-corrected chi connectivity index (χ0v) is 12.7. The lowest BCUT2D eigenvalue weighted by Gasteiger charge is -2.26. The van der Waals surface area contributed by atoms with Crippen LogP contribution in [0.25, 0.3) is 0 Å². The SMILES string of the molecule is CCC1(CC)CCN(C(=O)c2ccc(NN)cc2C)C1. The summed E-state index contributed by atoms with van der Waals surface area (Å²) in [6.45, 7) is 8.16. The summed E-state index contributed by atoms with van der Waals surface area (Å²) in [4.78, 5) is 14.7. The van der Waals surface area contributed by atoms with Crippen LogP contribution in [0.2, 0.25) is 0 Å². The molecule has 1 saturated heterocycles. The second-order valence-corrected chi connectivity index (χ2v) is 5.86. The number of nitrogens with zero attached hydrogens (tertiary/aromatic N) is 1. The minimum atomic E-state index is 0.148. The summed E-state index contributed by atoms with van der Waals surface area (Å²) in [7, 11) is 0. The molecule has 1 aliphatic heterocycles. The van der Waals surface area contributed by atoms with E-state index < -0.39 is 0 Å². The van der Waals surface area contributed by atoms with Crippen LogP contribution < -0.4 is 11.3 Å². The topological polar surface area (TPSA) is 58.4 Å². The first-order valence-corrected chi connectivity index (χ1v) is 7.42. The number of nitrogens with two attached hydrogens (primary N) is 1. The van der Waals surface area contributed by atoms with Gasteiger partial charge in [0.1, 0.15) is 0 Å². The van der Waals surface area contributed by atoms with E-state index in [9.17, 15) is 4.79 Å². The molecule has 0 atom stereocenters. The van der Waals surface area contributed by atoms with E-state index in [-0.39, 0.29) is 5.91 Å². The predicted octanol–water partition coefficient (Wildman–Crippen LogP) is 2.93. The highest BCUT2D eigenvalue weighted by atomic mass is 16.2. The zero-order valence-electron chi connectivity index (χ0n) is 12.7. The third-order valence-electron chi connectivity index (χ3n) is 4.85. The maximum absolute atomic E-state index is 12.7. The number of benzene rings is 1. The molecule has 0 unspecified atom stereocenters. The molecule has 1 aromatic rings. The van der Waals surface area contributed by atoms with E-state index in [1.807, 2.05) is 30.0 Å². The Bertz CT molecular complexity index is 494. The Kier molecular flexibility index (Phi) is 4.33. The van der Waals surface area contributed by atoms with Gasteiger partial charge in [-0.2, -0.15) is 0 Å². The van der Waals surface area contributed by atoms with Crippen molar-refractivity contribution in [1.82, 2.24) is 4.90 Å². The number of nitrogens with one attached hydrogen (secondary N) is 1. The van der Waals surface area contributed by atoms with Crippen LogP contribution in [0.4, 0.5) is 5.69 Å². The minimum Gasteiger partial charge on any atom is -0.338 e. The lowest BCUT2D eigenvalue weighted by atomic mass is 9.82. The van der Waals surface area contributed by atoms with E-state index in [1.165, 1.54) is 0 Å². The molecule has 1 aliphatic rings. The van der Waals surface area contributed by atoms with Crippen LogP contribution in [0.3, 0.4) is 0 Å². The number of anilines is 1. The Labute approximate surface area is 121 Å². The quantitative estimate of drug-likeness (QED) is 0.656. The number of carbonyl (C=O) groups is 1. The van der Waals surface area contributed by atoms with Crippen molar-refractivity contribution < 1.29 is 4.79 Å². The van der Waals surface area contributed by atoms with Crippen molar-refractivity contribution in [3.8, 4) is 0 Å². The normalized spacial score (nSPS) is 17.3. The van der Waals surface area contributed by atoms with Crippen molar-refractivity contribution >= 4 is 11.6 Å². The summed E-state index contributed by atoms with van der Waals surface area (Å²) in [5.74, 6) is 5.54. The molecule has 1 heterocycles. The molecule has 1 fully saturated rings. The van der Waals surface area contributed by atoms with Crippen molar-refractivity contribution in [2.45, 2.75) is 40.0 Å². The summed E-state index contributed by atoms with van der Waals surface area (Å²) in [6.07, 6.45) is 3.40. The van der Waals surface area contributed by atoms with Gasteiger partial charge in [-0.15, -0.1) is 0 Å². The Hall–Kier alpha value is -1.55. The second-order valence-electron chi connectivity index (χ2n) is 5.86. The molecule has 0 bridgehead atoms. The molecule has 2 rings (SSSR count). The molecular weight excluding hydrogens is 250 g/mol. The molecule has 1 aromatic carbocycles. The largest absolute Gasteiger partial charge is 0.338 e. The number of hydrogen-bond donors (Lipinski definition) is 2. The van der Waals surface area contributed by atoms with Crippen molar-refractivity contribution in [3.63, 3.8) is 0 Å². The van der Waals surface area contributed by atoms with Crippen LogP contribution in [0.5, 0.6) is 0 Å². The number of carbonyl (C=O) groups excluding carboxylic acids is 1. The van der Waals surface area contributed by atoms with Gasteiger partial charge in [-0.25, -0.2) is 0 Å². The van der Waals surface area contributed by atoms with Crippen LogP contribution in [-0.4, -0.2) is 23.9 Å². The summed E-state index contributed by atoms with van der Waals surface area (Å²) < 4.78 is 0. The molecular formula is C16H25N3O. The first-order chi connectivity index (χ1) is 9.55. The number of aryl methyl sites for hydroxylation is 1. The van der Waals surface area contributed by atoms with E-state index in [0.29, 0.717) is 5.41 Å². The Morgan fingerprint density at radius 3 is 2.60 bits per heavy atom. The average molecular weight is 275 g/mol.